The Balaban J connectivity index is 1.26. The molecule has 2 aromatic heterocycles. The van der Waals surface area contributed by atoms with Crippen molar-refractivity contribution in [3.8, 4) is 56.4 Å². The Bertz CT molecular complexity index is 2590. The topological polar surface area (TPSA) is 38.7 Å². The van der Waals surface area contributed by atoms with E-state index in [-0.39, 0.29) is 0 Å². The van der Waals surface area contributed by atoms with Gasteiger partial charge in [-0.15, -0.1) is 11.3 Å². The second kappa shape index (κ2) is 11.4. The molecule has 0 N–H and O–H groups in total. The van der Waals surface area contributed by atoms with Gasteiger partial charge in [-0.2, -0.15) is 0 Å². The summed E-state index contributed by atoms with van der Waals surface area (Å²) in [6.07, 6.45) is 0. The van der Waals surface area contributed by atoms with Gasteiger partial charge in [0, 0.05) is 36.9 Å². The van der Waals surface area contributed by atoms with Gasteiger partial charge in [0.1, 0.15) is 0 Å². The maximum Gasteiger partial charge on any atom is 0.165 e. The predicted molar refractivity (Wildman–Crippen MR) is 197 cm³/mol. The fourth-order valence-electron chi connectivity index (χ4n) is 6.42. The van der Waals surface area contributed by atoms with Crippen molar-refractivity contribution in [2.24, 2.45) is 0 Å². The summed E-state index contributed by atoms with van der Waals surface area (Å²) in [5.41, 5.74) is 7.41. The molecule has 0 spiro atoms. The summed E-state index contributed by atoms with van der Waals surface area (Å²) >= 11 is 1.79. The van der Waals surface area contributed by atoms with Crippen LogP contribution >= 0.6 is 11.3 Å². The second-order valence-corrected chi connectivity index (χ2v) is 12.7. The standard InChI is InChI=1S/C43H27N3S/c1-2-13-29(14-3-1)34-18-6-7-20-37(34)42-44-41(33-17-10-16-31(27-33)32-25-24-28-12-4-5-15-30(28)26-32)45-43(46-42)38-22-11-21-36-35-19-8-9-23-39(35)47-40(36)38/h1-27H. The lowest BCUT2D eigenvalue weighted by atomic mass is 9.98. The van der Waals surface area contributed by atoms with E-state index in [0.717, 1.165) is 38.9 Å². The zero-order valence-corrected chi connectivity index (χ0v) is 26.2. The molecule has 0 unspecified atom stereocenters. The van der Waals surface area contributed by atoms with E-state index in [1.807, 2.05) is 6.07 Å². The van der Waals surface area contributed by atoms with Crippen molar-refractivity contribution in [3.05, 3.63) is 164 Å². The average Bonchev–Trinajstić information content (AvgIpc) is 3.54. The lowest BCUT2D eigenvalue weighted by Crippen LogP contribution is -2.01. The molecule has 0 aliphatic heterocycles. The highest BCUT2D eigenvalue weighted by atomic mass is 32.1. The van der Waals surface area contributed by atoms with Crippen molar-refractivity contribution >= 4 is 42.3 Å². The number of aromatic nitrogens is 3. The van der Waals surface area contributed by atoms with Gasteiger partial charge in [-0.25, -0.2) is 15.0 Å². The highest BCUT2D eigenvalue weighted by Gasteiger charge is 2.18. The van der Waals surface area contributed by atoms with Crippen LogP contribution in [0.5, 0.6) is 0 Å². The van der Waals surface area contributed by atoms with Crippen molar-refractivity contribution < 1.29 is 0 Å². The van der Waals surface area contributed by atoms with Gasteiger partial charge in [0.15, 0.2) is 17.5 Å². The predicted octanol–water partition coefficient (Wildman–Crippen LogP) is 11.7. The molecule has 47 heavy (non-hydrogen) atoms. The Morgan fingerprint density at radius 2 is 0.936 bits per heavy atom. The normalized spacial score (nSPS) is 11.4. The quantitative estimate of drug-likeness (QED) is 0.193. The summed E-state index contributed by atoms with van der Waals surface area (Å²) in [6, 6.07) is 57.4. The van der Waals surface area contributed by atoms with Crippen LogP contribution in [0.15, 0.2) is 164 Å². The van der Waals surface area contributed by atoms with Crippen LogP contribution < -0.4 is 0 Å². The Morgan fingerprint density at radius 1 is 0.340 bits per heavy atom. The van der Waals surface area contributed by atoms with E-state index in [1.165, 1.54) is 30.9 Å². The fourth-order valence-corrected chi connectivity index (χ4v) is 7.64. The van der Waals surface area contributed by atoms with Crippen LogP contribution in [0.1, 0.15) is 0 Å². The lowest BCUT2D eigenvalue weighted by Gasteiger charge is -2.13. The largest absolute Gasteiger partial charge is 0.208 e. The highest BCUT2D eigenvalue weighted by Crippen LogP contribution is 2.40. The Kier molecular flexibility index (Phi) is 6.65. The molecule has 0 aliphatic carbocycles. The first kappa shape index (κ1) is 27.3. The summed E-state index contributed by atoms with van der Waals surface area (Å²) in [4.78, 5) is 15.6. The SMILES string of the molecule is c1ccc(-c2ccccc2-c2nc(-c3cccc(-c4ccc5ccccc5c4)c3)nc(-c3cccc4c3sc3ccccc34)n2)cc1. The molecular weight excluding hydrogens is 591 g/mol. The molecule has 3 nitrogen and oxygen atoms in total. The minimum Gasteiger partial charge on any atom is -0.208 e. The monoisotopic (exact) mass is 617 g/mol. The number of thiophene rings is 1. The minimum atomic E-state index is 0.647. The maximum absolute atomic E-state index is 5.21. The molecule has 0 fully saturated rings. The van der Waals surface area contributed by atoms with Crippen LogP contribution in [0.4, 0.5) is 0 Å². The van der Waals surface area contributed by atoms with Crippen LogP contribution in [0.2, 0.25) is 0 Å². The minimum absolute atomic E-state index is 0.647. The van der Waals surface area contributed by atoms with Crippen molar-refractivity contribution in [3.63, 3.8) is 0 Å². The average molecular weight is 618 g/mol. The number of rotatable bonds is 5. The third-order valence-corrected chi connectivity index (χ3v) is 9.96. The Labute approximate surface area is 276 Å². The summed E-state index contributed by atoms with van der Waals surface area (Å²) in [6.45, 7) is 0. The molecule has 0 saturated heterocycles. The molecule has 0 atom stereocenters. The summed E-state index contributed by atoms with van der Waals surface area (Å²) in [7, 11) is 0. The number of hydrogen-bond donors (Lipinski definition) is 0. The number of fused-ring (bicyclic) bond motifs is 4. The van der Waals surface area contributed by atoms with E-state index in [0.29, 0.717) is 17.5 Å². The Morgan fingerprint density at radius 3 is 1.83 bits per heavy atom. The maximum atomic E-state index is 5.21. The van der Waals surface area contributed by atoms with E-state index in [1.54, 1.807) is 11.3 Å². The second-order valence-electron chi connectivity index (χ2n) is 11.6. The zero-order chi connectivity index (χ0) is 31.2. The van der Waals surface area contributed by atoms with E-state index in [2.05, 4.69) is 158 Å². The Hall–Kier alpha value is -5.97. The highest BCUT2D eigenvalue weighted by molar-refractivity contribution is 7.26. The number of nitrogens with zero attached hydrogens (tertiary/aromatic N) is 3. The van der Waals surface area contributed by atoms with Gasteiger partial charge < -0.3 is 0 Å². The van der Waals surface area contributed by atoms with Crippen LogP contribution in [-0.2, 0) is 0 Å². The molecule has 0 radical (unpaired) electrons. The third kappa shape index (κ3) is 4.96. The molecule has 7 aromatic carbocycles. The van der Waals surface area contributed by atoms with Crippen molar-refractivity contribution in [1.29, 1.82) is 0 Å². The van der Waals surface area contributed by atoms with Gasteiger partial charge in [0.05, 0.1) is 0 Å². The van der Waals surface area contributed by atoms with E-state index >= 15 is 0 Å². The van der Waals surface area contributed by atoms with Gasteiger partial charge in [-0.1, -0.05) is 140 Å². The first-order chi connectivity index (χ1) is 23.3. The molecule has 9 aromatic rings. The first-order valence-corrected chi connectivity index (χ1v) is 16.5. The van der Waals surface area contributed by atoms with E-state index in [4.69, 9.17) is 15.0 Å². The summed E-state index contributed by atoms with van der Waals surface area (Å²) in [5, 5.41) is 4.91. The summed E-state index contributed by atoms with van der Waals surface area (Å²) < 4.78 is 2.43. The van der Waals surface area contributed by atoms with Crippen molar-refractivity contribution in [1.82, 2.24) is 15.0 Å². The van der Waals surface area contributed by atoms with Gasteiger partial charge >= 0.3 is 0 Å². The van der Waals surface area contributed by atoms with Crippen LogP contribution in [0, 0.1) is 0 Å². The number of hydrogen-bond acceptors (Lipinski definition) is 4. The van der Waals surface area contributed by atoms with Crippen LogP contribution in [0.3, 0.4) is 0 Å². The molecule has 220 valence electrons. The van der Waals surface area contributed by atoms with Gasteiger partial charge in [0.25, 0.3) is 0 Å². The number of benzene rings is 7. The molecule has 0 amide bonds. The van der Waals surface area contributed by atoms with Gasteiger partial charge in [-0.05, 0) is 57.3 Å². The zero-order valence-electron chi connectivity index (χ0n) is 25.3. The molecule has 4 heteroatoms. The molecule has 0 saturated carbocycles. The van der Waals surface area contributed by atoms with Gasteiger partial charge in [0.2, 0.25) is 0 Å². The van der Waals surface area contributed by atoms with Crippen molar-refractivity contribution in [2.75, 3.05) is 0 Å². The lowest BCUT2D eigenvalue weighted by molar-refractivity contribution is 1.08. The summed E-state index contributed by atoms with van der Waals surface area (Å²) in [5.74, 6) is 1.97. The van der Waals surface area contributed by atoms with E-state index in [9.17, 15) is 0 Å². The first-order valence-electron chi connectivity index (χ1n) is 15.7. The third-order valence-electron chi connectivity index (χ3n) is 8.74. The van der Waals surface area contributed by atoms with E-state index < -0.39 is 0 Å². The van der Waals surface area contributed by atoms with Crippen LogP contribution in [-0.4, -0.2) is 15.0 Å². The molecule has 9 rings (SSSR count). The smallest absolute Gasteiger partial charge is 0.165 e. The molecule has 0 aliphatic rings. The fraction of sp³-hybridized carbons (Fsp3) is 0. The molecular formula is C43H27N3S. The molecule has 0 bridgehead atoms. The van der Waals surface area contributed by atoms with Crippen LogP contribution in [0.25, 0.3) is 87.4 Å². The van der Waals surface area contributed by atoms with Gasteiger partial charge in [-0.3, -0.25) is 0 Å². The molecule has 2 heterocycles. The van der Waals surface area contributed by atoms with Crippen molar-refractivity contribution in [2.45, 2.75) is 0 Å².